The number of alkyl halides is 1. The molecule has 0 rings (SSSR count). The average molecular weight is 363 g/mol. The van der Waals surface area contributed by atoms with E-state index < -0.39 is 0 Å². The Labute approximate surface area is 140 Å². The molecular weight excluding hydrogens is 328 g/mol. The Kier molecular flexibility index (Phi) is 16.3. The number of carbonyl (C=O) groups is 1. The average Bonchev–Trinajstić information content (AvgIpc) is 2.51. The van der Waals surface area contributed by atoms with Crippen LogP contribution in [-0.2, 0) is 9.53 Å². The first-order valence-electron chi connectivity index (χ1n) is 8.96. The van der Waals surface area contributed by atoms with Gasteiger partial charge in [-0.3, -0.25) is 4.79 Å². The molecule has 0 amide bonds. The van der Waals surface area contributed by atoms with E-state index in [0.29, 0.717) is 17.9 Å². The molecule has 0 saturated carbocycles. The van der Waals surface area contributed by atoms with Crippen LogP contribution >= 0.6 is 15.9 Å². The number of ether oxygens (including phenoxy) is 1. The van der Waals surface area contributed by atoms with Crippen molar-refractivity contribution < 1.29 is 9.53 Å². The zero-order chi connectivity index (χ0) is 15.8. The SMILES string of the molecule is CCCCCCCCC(CCCCCC)COC(=O)CBr. The monoisotopic (exact) mass is 362 g/mol. The van der Waals surface area contributed by atoms with Crippen LogP contribution in [0.25, 0.3) is 0 Å². The lowest BCUT2D eigenvalue weighted by molar-refractivity contribution is -0.141. The quantitative estimate of drug-likeness (QED) is 0.195. The molecule has 1 atom stereocenters. The van der Waals surface area contributed by atoms with Gasteiger partial charge in [0.15, 0.2) is 0 Å². The van der Waals surface area contributed by atoms with Gasteiger partial charge >= 0.3 is 5.97 Å². The summed E-state index contributed by atoms with van der Waals surface area (Å²) in [5.74, 6) is 0.438. The minimum Gasteiger partial charge on any atom is -0.465 e. The largest absolute Gasteiger partial charge is 0.465 e. The highest BCUT2D eigenvalue weighted by molar-refractivity contribution is 9.09. The van der Waals surface area contributed by atoms with Crippen molar-refractivity contribution in [3.05, 3.63) is 0 Å². The summed E-state index contributed by atoms with van der Waals surface area (Å²) in [6.07, 6.45) is 15.6. The van der Waals surface area contributed by atoms with Gasteiger partial charge in [0.2, 0.25) is 0 Å². The van der Waals surface area contributed by atoms with Gasteiger partial charge in [-0.2, -0.15) is 0 Å². The molecule has 0 bridgehead atoms. The standard InChI is InChI=1S/C18H35BrO2/c1-3-5-7-9-10-12-14-17(13-11-8-6-4-2)16-21-18(20)15-19/h17H,3-16H2,1-2H3. The van der Waals surface area contributed by atoms with Crippen molar-refractivity contribution in [1.29, 1.82) is 0 Å². The minimum absolute atomic E-state index is 0.128. The zero-order valence-corrected chi connectivity index (χ0v) is 15.8. The lowest BCUT2D eigenvalue weighted by Crippen LogP contribution is -2.15. The fourth-order valence-electron chi connectivity index (χ4n) is 2.63. The van der Waals surface area contributed by atoms with E-state index in [2.05, 4.69) is 29.8 Å². The van der Waals surface area contributed by atoms with Crippen molar-refractivity contribution in [2.75, 3.05) is 11.9 Å². The maximum absolute atomic E-state index is 11.3. The van der Waals surface area contributed by atoms with Crippen LogP contribution in [0.3, 0.4) is 0 Å². The molecule has 0 aliphatic heterocycles. The van der Waals surface area contributed by atoms with Crippen LogP contribution < -0.4 is 0 Å². The second-order valence-corrected chi connectivity index (χ2v) is 6.65. The fourth-order valence-corrected chi connectivity index (χ4v) is 2.80. The molecule has 1 unspecified atom stereocenters. The topological polar surface area (TPSA) is 26.3 Å². The van der Waals surface area contributed by atoms with Gasteiger partial charge in [-0.1, -0.05) is 94.0 Å². The van der Waals surface area contributed by atoms with Crippen molar-refractivity contribution in [2.24, 2.45) is 5.92 Å². The lowest BCUT2D eigenvalue weighted by Gasteiger charge is -2.16. The first-order chi connectivity index (χ1) is 10.2. The molecule has 21 heavy (non-hydrogen) atoms. The van der Waals surface area contributed by atoms with Crippen LogP contribution in [0.1, 0.15) is 90.9 Å². The van der Waals surface area contributed by atoms with Gasteiger partial charge in [0.25, 0.3) is 0 Å². The third-order valence-corrected chi connectivity index (χ3v) is 4.48. The minimum atomic E-state index is -0.128. The Morgan fingerprint density at radius 2 is 1.33 bits per heavy atom. The summed E-state index contributed by atoms with van der Waals surface area (Å²) < 4.78 is 5.32. The molecule has 3 heteroatoms. The zero-order valence-electron chi connectivity index (χ0n) is 14.2. The smallest absolute Gasteiger partial charge is 0.316 e. The number of hydrogen-bond acceptors (Lipinski definition) is 2. The molecule has 126 valence electrons. The Morgan fingerprint density at radius 3 is 1.86 bits per heavy atom. The number of unbranched alkanes of at least 4 members (excludes halogenated alkanes) is 8. The highest BCUT2D eigenvalue weighted by Gasteiger charge is 2.11. The first-order valence-corrected chi connectivity index (χ1v) is 10.1. The van der Waals surface area contributed by atoms with Gasteiger partial charge in [-0.15, -0.1) is 0 Å². The number of rotatable bonds is 15. The van der Waals surface area contributed by atoms with E-state index in [1.165, 1.54) is 77.0 Å². The molecular formula is C18H35BrO2. The third-order valence-electron chi connectivity index (χ3n) is 4.02. The van der Waals surface area contributed by atoms with Gasteiger partial charge in [0.05, 0.1) is 6.61 Å². The molecule has 0 aliphatic rings. The molecule has 0 aromatic rings. The third kappa shape index (κ3) is 14.6. The van der Waals surface area contributed by atoms with Crippen molar-refractivity contribution in [1.82, 2.24) is 0 Å². The molecule has 0 radical (unpaired) electrons. The Hall–Kier alpha value is -0.0500. The van der Waals surface area contributed by atoms with E-state index in [4.69, 9.17) is 4.74 Å². The highest BCUT2D eigenvalue weighted by Crippen LogP contribution is 2.19. The summed E-state index contributed by atoms with van der Waals surface area (Å²) in [6.45, 7) is 5.11. The fraction of sp³-hybridized carbons (Fsp3) is 0.944. The highest BCUT2D eigenvalue weighted by atomic mass is 79.9. The summed E-state index contributed by atoms with van der Waals surface area (Å²) in [7, 11) is 0. The second-order valence-electron chi connectivity index (χ2n) is 6.09. The van der Waals surface area contributed by atoms with Gasteiger partial charge in [0.1, 0.15) is 5.33 Å². The molecule has 0 spiro atoms. The number of carbonyl (C=O) groups excluding carboxylic acids is 1. The second kappa shape index (κ2) is 16.3. The summed E-state index contributed by atoms with van der Waals surface area (Å²) in [6, 6.07) is 0. The van der Waals surface area contributed by atoms with Crippen LogP contribution in [-0.4, -0.2) is 17.9 Å². The molecule has 0 heterocycles. The van der Waals surface area contributed by atoms with Crippen LogP contribution in [0.15, 0.2) is 0 Å². The maximum Gasteiger partial charge on any atom is 0.316 e. The van der Waals surface area contributed by atoms with Crippen LogP contribution in [0.5, 0.6) is 0 Å². The summed E-state index contributed by atoms with van der Waals surface area (Å²) in [5.41, 5.74) is 0. The van der Waals surface area contributed by atoms with E-state index in [0.717, 1.165) is 0 Å². The van der Waals surface area contributed by atoms with E-state index in [1.807, 2.05) is 0 Å². The molecule has 0 N–H and O–H groups in total. The summed E-state index contributed by atoms with van der Waals surface area (Å²) in [5, 5.41) is 0.312. The molecule has 2 nitrogen and oxygen atoms in total. The Bertz CT molecular complexity index is 231. The van der Waals surface area contributed by atoms with Crippen LogP contribution in [0.4, 0.5) is 0 Å². The number of esters is 1. The van der Waals surface area contributed by atoms with E-state index in [9.17, 15) is 4.79 Å². The number of hydrogen-bond donors (Lipinski definition) is 0. The van der Waals surface area contributed by atoms with Crippen molar-refractivity contribution >= 4 is 21.9 Å². The predicted octanol–water partition coefficient (Wildman–Crippen LogP) is 6.26. The van der Waals surface area contributed by atoms with E-state index >= 15 is 0 Å². The van der Waals surface area contributed by atoms with Crippen molar-refractivity contribution in [3.63, 3.8) is 0 Å². The van der Waals surface area contributed by atoms with Crippen LogP contribution in [0.2, 0.25) is 0 Å². The van der Waals surface area contributed by atoms with Crippen molar-refractivity contribution in [2.45, 2.75) is 90.9 Å². The number of halogens is 1. The summed E-state index contributed by atoms with van der Waals surface area (Å²) >= 11 is 3.15. The van der Waals surface area contributed by atoms with Gasteiger partial charge in [0, 0.05) is 0 Å². The Balaban J connectivity index is 3.80. The van der Waals surface area contributed by atoms with Gasteiger partial charge in [-0.25, -0.2) is 0 Å². The first kappa shape index (κ1) is 20.9. The molecule has 0 fully saturated rings. The van der Waals surface area contributed by atoms with Gasteiger partial charge in [-0.05, 0) is 18.8 Å². The lowest BCUT2D eigenvalue weighted by atomic mass is 9.95. The Morgan fingerprint density at radius 1 is 0.857 bits per heavy atom. The molecule has 0 aromatic carbocycles. The van der Waals surface area contributed by atoms with Crippen LogP contribution in [0, 0.1) is 5.92 Å². The molecule has 0 aromatic heterocycles. The van der Waals surface area contributed by atoms with E-state index in [1.54, 1.807) is 0 Å². The molecule has 0 aliphatic carbocycles. The maximum atomic E-state index is 11.3. The normalized spacial score (nSPS) is 12.3. The van der Waals surface area contributed by atoms with Crippen molar-refractivity contribution in [3.8, 4) is 0 Å². The van der Waals surface area contributed by atoms with E-state index in [-0.39, 0.29) is 5.97 Å². The molecule has 0 saturated heterocycles. The predicted molar refractivity (Wildman–Crippen MR) is 95.0 cm³/mol. The van der Waals surface area contributed by atoms with Gasteiger partial charge < -0.3 is 4.74 Å². The summed E-state index contributed by atoms with van der Waals surface area (Å²) in [4.78, 5) is 11.3.